The number of carbonyl (C=O) groups is 1. The van der Waals surface area contributed by atoms with Crippen molar-refractivity contribution in [3.05, 3.63) is 53.7 Å². The molecule has 0 aliphatic heterocycles. The van der Waals surface area contributed by atoms with E-state index >= 15 is 0 Å². The van der Waals surface area contributed by atoms with Crippen LogP contribution in [0, 0.1) is 5.82 Å². The smallest absolute Gasteiger partial charge is 0.271 e. The Kier molecular flexibility index (Phi) is 3.99. The Labute approximate surface area is 108 Å². The van der Waals surface area contributed by atoms with E-state index in [0.717, 1.165) is 0 Å². The van der Waals surface area contributed by atoms with E-state index in [2.05, 4.69) is 20.7 Å². The van der Waals surface area contributed by atoms with Crippen LogP contribution in [0.4, 0.5) is 10.2 Å². The number of nitrogens with two attached hydrogens (primary N) is 1. The quantitative estimate of drug-likeness (QED) is 0.560. The van der Waals surface area contributed by atoms with Crippen LogP contribution >= 0.6 is 0 Å². The molecule has 0 saturated carbocycles. The average Bonchev–Trinajstić information content (AvgIpc) is 2.46. The van der Waals surface area contributed by atoms with Gasteiger partial charge in [0.05, 0.1) is 12.4 Å². The van der Waals surface area contributed by atoms with Gasteiger partial charge in [-0.1, -0.05) is 18.2 Å². The van der Waals surface area contributed by atoms with E-state index in [4.69, 9.17) is 5.84 Å². The van der Waals surface area contributed by atoms with Crippen molar-refractivity contribution in [3.8, 4) is 0 Å². The monoisotopic (exact) mass is 261 g/mol. The third-order valence-corrected chi connectivity index (χ3v) is 2.41. The van der Waals surface area contributed by atoms with E-state index in [9.17, 15) is 9.18 Å². The van der Waals surface area contributed by atoms with E-state index in [1.165, 1.54) is 18.5 Å². The molecule has 1 heterocycles. The van der Waals surface area contributed by atoms with Crippen LogP contribution in [0.5, 0.6) is 0 Å². The molecule has 0 fully saturated rings. The number of amides is 1. The molecule has 0 atom stereocenters. The second-order valence-electron chi connectivity index (χ2n) is 3.71. The number of nitrogen functional groups attached to an aromatic ring is 1. The van der Waals surface area contributed by atoms with Crippen molar-refractivity contribution in [1.82, 2.24) is 15.3 Å². The molecule has 0 radical (unpaired) electrons. The second kappa shape index (κ2) is 5.87. The van der Waals surface area contributed by atoms with E-state index in [0.29, 0.717) is 5.56 Å². The summed E-state index contributed by atoms with van der Waals surface area (Å²) >= 11 is 0. The highest BCUT2D eigenvalue weighted by atomic mass is 19.1. The highest BCUT2D eigenvalue weighted by Gasteiger charge is 2.09. The summed E-state index contributed by atoms with van der Waals surface area (Å²) in [6.45, 7) is 0.0769. The molecule has 0 saturated heterocycles. The molecule has 2 rings (SSSR count). The maximum Gasteiger partial charge on any atom is 0.271 e. The fraction of sp³-hybridized carbons (Fsp3) is 0.0833. The number of hydrogen-bond acceptors (Lipinski definition) is 5. The van der Waals surface area contributed by atoms with Crippen LogP contribution in [0.15, 0.2) is 36.7 Å². The first-order valence-corrected chi connectivity index (χ1v) is 5.51. The van der Waals surface area contributed by atoms with Crippen molar-refractivity contribution in [2.45, 2.75) is 6.54 Å². The number of benzene rings is 1. The summed E-state index contributed by atoms with van der Waals surface area (Å²) in [6, 6.07) is 6.21. The van der Waals surface area contributed by atoms with Crippen LogP contribution in [0.1, 0.15) is 16.1 Å². The average molecular weight is 261 g/mol. The molecule has 0 spiro atoms. The highest BCUT2D eigenvalue weighted by Crippen LogP contribution is 2.06. The summed E-state index contributed by atoms with van der Waals surface area (Å²) in [7, 11) is 0. The Morgan fingerprint density at radius 1 is 1.32 bits per heavy atom. The number of anilines is 1. The van der Waals surface area contributed by atoms with Crippen molar-refractivity contribution in [1.29, 1.82) is 0 Å². The Hall–Kier alpha value is -2.54. The van der Waals surface area contributed by atoms with Gasteiger partial charge in [0.2, 0.25) is 0 Å². The van der Waals surface area contributed by atoms with E-state index in [1.807, 2.05) is 0 Å². The number of hydrazine groups is 1. The van der Waals surface area contributed by atoms with Crippen LogP contribution in [0.3, 0.4) is 0 Å². The van der Waals surface area contributed by atoms with E-state index < -0.39 is 5.91 Å². The minimum atomic E-state index is -0.451. The summed E-state index contributed by atoms with van der Waals surface area (Å²) in [6.07, 6.45) is 2.69. The third-order valence-electron chi connectivity index (χ3n) is 2.41. The number of carbonyl (C=O) groups excluding carboxylic acids is 1. The third kappa shape index (κ3) is 3.23. The molecule has 1 aromatic heterocycles. The van der Waals surface area contributed by atoms with Crippen LogP contribution in [0.2, 0.25) is 0 Å². The Balaban J connectivity index is 2.03. The van der Waals surface area contributed by atoms with Gasteiger partial charge >= 0.3 is 0 Å². The normalized spacial score (nSPS) is 10.0. The number of hydrogen-bond donors (Lipinski definition) is 3. The zero-order chi connectivity index (χ0) is 13.7. The molecule has 2 aromatic rings. The molecular formula is C12H12FN5O. The lowest BCUT2D eigenvalue weighted by Gasteiger charge is -2.06. The molecule has 19 heavy (non-hydrogen) atoms. The number of halogens is 1. The number of nitrogens with zero attached hydrogens (tertiary/aromatic N) is 2. The highest BCUT2D eigenvalue weighted by molar-refractivity contribution is 5.92. The molecular weight excluding hydrogens is 249 g/mol. The maximum absolute atomic E-state index is 13.4. The lowest BCUT2D eigenvalue weighted by Crippen LogP contribution is -2.25. The Morgan fingerprint density at radius 3 is 2.84 bits per heavy atom. The molecule has 6 nitrogen and oxygen atoms in total. The molecule has 1 amide bonds. The predicted octanol–water partition coefficient (Wildman–Crippen LogP) is 0.831. The van der Waals surface area contributed by atoms with Crippen LogP contribution < -0.4 is 16.6 Å². The SMILES string of the molecule is NNc1cncc(C(=O)NCc2ccccc2F)n1. The minimum absolute atomic E-state index is 0.0769. The van der Waals surface area contributed by atoms with Crippen LogP contribution in [-0.2, 0) is 6.54 Å². The van der Waals surface area contributed by atoms with Crippen LogP contribution in [-0.4, -0.2) is 15.9 Å². The Morgan fingerprint density at radius 2 is 2.11 bits per heavy atom. The van der Waals surface area contributed by atoms with Crippen molar-refractivity contribution in [2.75, 3.05) is 5.43 Å². The standard InChI is InChI=1S/C12H12FN5O/c13-9-4-2-1-3-8(9)5-16-12(19)10-6-15-7-11(17-10)18-14/h1-4,6-7H,5,14H2,(H,16,19)(H,17,18). The zero-order valence-corrected chi connectivity index (χ0v) is 9.93. The summed E-state index contributed by atoms with van der Waals surface area (Å²) in [5, 5.41) is 2.56. The summed E-state index contributed by atoms with van der Waals surface area (Å²) in [4.78, 5) is 19.5. The topological polar surface area (TPSA) is 92.9 Å². The maximum atomic E-state index is 13.4. The van der Waals surface area contributed by atoms with Gasteiger partial charge in [-0.3, -0.25) is 9.78 Å². The second-order valence-corrected chi connectivity index (χ2v) is 3.71. The lowest BCUT2D eigenvalue weighted by molar-refractivity contribution is 0.0945. The van der Waals surface area contributed by atoms with Crippen LogP contribution in [0.25, 0.3) is 0 Å². The Bertz CT molecular complexity index is 590. The van der Waals surface area contributed by atoms with Gasteiger partial charge in [0.25, 0.3) is 5.91 Å². The minimum Gasteiger partial charge on any atom is -0.346 e. The number of aromatic nitrogens is 2. The molecule has 0 aliphatic carbocycles. The number of nitrogens with one attached hydrogen (secondary N) is 2. The summed E-state index contributed by atoms with van der Waals surface area (Å²) < 4.78 is 13.4. The van der Waals surface area contributed by atoms with Gasteiger partial charge in [0.1, 0.15) is 11.5 Å². The molecule has 1 aromatic carbocycles. The molecule has 0 bridgehead atoms. The van der Waals surface area contributed by atoms with Gasteiger partial charge in [0.15, 0.2) is 5.82 Å². The first kappa shape index (κ1) is 12.9. The largest absolute Gasteiger partial charge is 0.346 e. The first-order valence-electron chi connectivity index (χ1n) is 5.51. The van der Waals surface area contributed by atoms with Gasteiger partial charge in [-0.2, -0.15) is 0 Å². The van der Waals surface area contributed by atoms with Gasteiger partial charge in [0, 0.05) is 12.1 Å². The van der Waals surface area contributed by atoms with Crippen molar-refractivity contribution in [3.63, 3.8) is 0 Å². The number of rotatable bonds is 4. The summed E-state index contributed by atoms with van der Waals surface area (Å²) in [5.41, 5.74) is 2.79. The van der Waals surface area contributed by atoms with Gasteiger partial charge in [-0.15, -0.1) is 0 Å². The van der Waals surface area contributed by atoms with E-state index in [-0.39, 0.29) is 23.9 Å². The fourth-order valence-corrected chi connectivity index (χ4v) is 1.45. The lowest BCUT2D eigenvalue weighted by atomic mass is 10.2. The fourth-order valence-electron chi connectivity index (χ4n) is 1.45. The molecule has 98 valence electrons. The van der Waals surface area contributed by atoms with Gasteiger partial charge in [-0.25, -0.2) is 15.2 Å². The van der Waals surface area contributed by atoms with Crippen molar-refractivity contribution in [2.24, 2.45) is 5.84 Å². The van der Waals surface area contributed by atoms with Crippen molar-refractivity contribution < 1.29 is 9.18 Å². The summed E-state index contributed by atoms with van der Waals surface area (Å²) in [5.74, 6) is 4.63. The zero-order valence-electron chi connectivity index (χ0n) is 9.93. The predicted molar refractivity (Wildman–Crippen MR) is 67.4 cm³/mol. The molecule has 4 N–H and O–H groups in total. The molecule has 0 unspecified atom stereocenters. The van der Waals surface area contributed by atoms with Gasteiger partial charge < -0.3 is 10.7 Å². The van der Waals surface area contributed by atoms with E-state index in [1.54, 1.807) is 18.2 Å². The first-order chi connectivity index (χ1) is 9.20. The molecule has 7 heteroatoms. The van der Waals surface area contributed by atoms with Crippen molar-refractivity contribution >= 4 is 11.7 Å². The molecule has 0 aliphatic rings. The van der Waals surface area contributed by atoms with Gasteiger partial charge in [-0.05, 0) is 6.07 Å².